The molecule has 0 aromatic carbocycles. The van der Waals surface area contributed by atoms with Gasteiger partial charge in [0.1, 0.15) is 10.8 Å². The fourth-order valence-corrected chi connectivity index (χ4v) is 1.51. The van der Waals surface area contributed by atoms with E-state index in [-0.39, 0.29) is 5.60 Å². The van der Waals surface area contributed by atoms with Crippen molar-refractivity contribution in [1.29, 1.82) is 0 Å². The molecule has 0 saturated carbocycles. The third kappa shape index (κ3) is 3.08. The molecule has 0 spiro atoms. The summed E-state index contributed by atoms with van der Waals surface area (Å²) < 4.78 is 5.45. The Hall–Kier alpha value is -0.280. The molecule has 0 aliphatic rings. The van der Waals surface area contributed by atoms with E-state index >= 15 is 0 Å². The van der Waals surface area contributed by atoms with Crippen LogP contribution < -0.4 is 4.74 Å². The van der Waals surface area contributed by atoms with Crippen molar-refractivity contribution in [1.82, 2.24) is 4.98 Å². The summed E-state index contributed by atoms with van der Waals surface area (Å²) in [6.45, 7) is 5.92. The molecular weight excluding hydrogens is 182 g/mol. The van der Waals surface area contributed by atoms with Crippen molar-refractivity contribution in [3.05, 3.63) is 10.5 Å². The highest BCUT2D eigenvalue weighted by atomic mass is 35.5. The van der Waals surface area contributed by atoms with Crippen molar-refractivity contribution in [2.24, 2.45) is 0 Å². The minimum Gasteiger partial charge on any atom is -0.464 e. The minimum absolute atomic E-state index is 0.193. The van der Waals surface area contributed by atoms with Crippen molar-refractivity contribution in [2.75, 3.05) is 0 Å². The van der Waals surface area contributed by atoms with Crippen LogP contribution in [-0.4, -0.2) is 10.6 Å². The number of ether oxygens (including phenoxy) is 1. The minimum atomic E-state index is -0.193. The Balaban J connectivity index is 2.65. The second-order valence-electron chi connectivity index (χ2n) is 3.15. The highest BCUT2D eigenvalue weighted by Gasteiger charge is 2.13. The van der Waals surface area contributed by atoms with Gasteiger partial charge in [-0.15, -0.1) is 0 Å². The molecule has 0 saturated heterocycles. The Morgan fingerprint density at radius 1 is 1.55 bits per heavy atom. The first-order valence-electron chi connectivity index (χ1n) is 3.27. The summed E-state index contributed by atoms with van der Waals surface area (Å²) in [6.07, 6.45) is 0. The lowest BCUT2D eigenvalue weighted by atomic mass is 10.2. The van der Waals surface area contributed by atoms with E-state index in [1.54, 1.807) is 5.38 Å². The zero-order valence-electron chi connectivity index (χ0n) is 6.72. The van der Waals surface area contributed by atoms with E-state index in [1.165, 1.54) is 11.3 Å². The van der Waals surface area contributed by atoms with Gasteiger partial charge in [0.25, 0.3) is 5.19 Å². The molecule has 62 valence electrons. The molecule has 0 radical (unpaired) electrons. The topological polar surface area (TPSA) is 22.1 Å². The van der Waals surface area contributed by atoms with Gasteiger partial charge in [-0.25, -0.2) is 0 Å². The predicted octanol–water partition coefficient (Wildman–Crippen LogP) is 2.97. The van der Waals surface area contributed by atoms with E-state index < -0.39 is 0 Å². The summed E-state index contributed by atoms with van der Waals surface area (Å²) in [5.74, 6) is 0. The first-order valence-corrected chi connectivity index (χ1v) is 4.53. The lowest BCUT2D eigenvalue weighted by Gasteiger charge is -2.18. The summed E-state index contributed by atoms with van der Waals surface area (Å²) in [6, 6.07) is 0. The zero-order chi connectivity index (χ0) is 8.48. The number of halogens is 1. The van der Waals surface area contributed by atoms with Gasteiger partial charge in [0.2, 0.25) is 0 Å². The number of aromatic nitrogens is 1. The molecule has 2 nitrogen and oxygen atoms in total. The van der Waals surface area contributed by atoms with Gasteiger partial charge >= 0.3 is 0 Å². The van der Waals surface area contributed by atoms with Crippen LogP contribution in [0.3, 0.4) is 0 Å². The van der Waals surface area contributed by atoms with Crippen molar-refractivity contribution >= 4 is 22.9 Å². The van der Waals surface area contributed by atoms with Crippen LogP contribution in [0.25, 0.3) is 0 Å². The maximum atomic E-state index is 5.61. The molecular formula is C7H10ClNOS. The third-order valence-electron chi connectivity index (χ3n) is 0.849. The first-order chi connectivity index (χ1) is 4.97. The Morgan fingerprint density at radius 2 is 2.18 bits per heavy atom. The quantitative estimate of drug-likeness (QED) is 0.681. The van der Waals surface area contributed by atoms with E-state index in [2.05, 4.69) is 4.98 Å². The molecule has 0 aliphatic heterocycles. The highest BCUT2D eigenvalue weighted by molar-refractivity contribution is 7.11. The lowest BCUT2D eigenvalue weighted by molar-refractivity contribution is 0.130. The summed E-state index contributed by atoms with van der Waals surface area (Å²) in [4.78, 5) is 3.96. The Kier molecular flexibility index (Phi) is 2.40. The van der Waals surface area contributed by atoms with Gasteiger partial charge in [0, 0.05) is 5.38 Å². The van der Waals surface area contributed by atoms with E-state index in [4.69, 9.17) is 16.3 Å². The van der Waals surface area contributed by atoms with Gasteiger partial charge < -0.3 is 4.74 Å². The molecule has 0 bridgehead atoms. The Labute approximate surface area is 75.2 Å². The average Bonchev–Trinajstić information content (AvgIpc) is 2.10. The highest BCUT2D eigenvalue weighted by Crippen LogP contribution is 2.24. The molecule has 1 heterocycles. The predicted molar refractivity (Wildman–Crippen MR) is 47.5 cm³/mol. The summed E-state index contributed by atoms with van der Waals surface area (Å²) >= 11 is 7.02. The molecule has 0 amide bonds. The Bertz CT molecular complexity index is 241. The molecule has 1 aromatic heterocycles. The van der Waals surface area contributed by atoms with Gasteiger partial charge in [0.15, 0.2) is 0 Å². The van der Waals surface area contributed by atoms with Crippen LogP contribution in [0.15, 0.2) is 5.38 Å². The maximum Gasteiger partial charge on any atom is 0.275 e. The maximum absolute atomic E-state index is 5.61. The van der Waals surface area contributed by atoms with Crippen molar-refractivity contribution in [2.45, 2.75) is 26.4 Å². The molecule has 0 N–H and O–H groups in total. The fraction of sp³-hybridized carbons (Fsp3) is 0.571. The third-order valence-corrected chi connectivity index (χ3v) is 1.89. The molecule has 1 rings (SSSR count). The van der Waals surface area contributed by atoms with E-state index in [0.29, 0.717) is 10.3 Å². The second-order valence-corrected chi connectivity index (χ2v) is 4.36. The summed E-state index contributed by atoms with van der Waals surface area (Å²) in [7, 11) is 0. The summed E-state index contributed by atoms with van der Waals surface area (Å²) in [5.41, 5.74) is -0.193. The van der Waals surface area contributed by atoms with Crippen molar-refractivity contribution in [3.8, 4) is 5.19 Å². The zero-order valence-corrected chi connectivity index (χ0v) is 8.29. The van der Waals surface area contributed by atoms with Gasteiger partial charge in [-0.3, -0.25) is 0 Å². The number of rotatable bonds is 1. The smallest absolute Gasteiger partial charge is 0.275 e. The second kappa shape index (κ2) is 2.99. The molecule has 4 heteroatoms. The van der Waals surface area contributed by atoms with Gasteiger partial charge in [-0.1, -0.05) is 22.9 Å². The van der Waals surface area contributed by atoms with Crippen LogP contribution in [-0.2, 0) is 0 Å². The molecule has 11 heavy (non-hydrogen) atoms. The average molecular weight is 192 g/mol. The molecule has 0 aliphatic carbocycles. The van der Waals surface area contributed by atoms with E-state index in [1.807, 2.05) is 20.8 Å². The fourth-order valence-electron chi connectivity index (χ4n) is 0.548. The number of hydrogen-bond donors (Lipinski definition) is 0. The molecule has 0 unspecified atom stereocenters. The van der Waals surface area contributed by atoms with Crippen LogP contribution in [0.2, 0.25) is 5.15 Å². The van der Waals surface area contributed by atoms with Crippen LogP contribution >= 0.6 is 22.9 Å². The van der Waals surface area contributed by atoms with Gasteiger partial charge in [-0.2, -0.15) is 4.98 Å². The van der Waals surface area contributed by atoms with Crippen LogP contribution in [0.4, 0.5) is 0 Å². The van der Waals surface area contributed by atoms with Crippen LogP contribution in [0, 0.1) is 0 Å². The normalized spacial score (nSPS) is 11.6. The van der Waals surface area contributed by atoms with Crippen molar-refractivity contribution < 1.29 is 4.74 Å². The monoisotopic (exact) mass is 191 g/mol. The van der Waals surface area contributed by atoms with Crippen LogP contribution in [0.1, 0.15) is 20.8 Å². The number of nitrogens with zero attached hydrogens (tertiary/aromatic N) is 1. The van der Waals surface area contributed by atoms with Crippen LogP contribution in [0.5, 0.6) is 5.19 Å². The Morgan fingerprint density at radius 3 is 2.55 bits per heavy atom. The van der Waals surface area contributed by atoms with Crippen molar-refractivity contribution in [3.63, 3.8) is 0 Å². The first kappa shape index (κ1) is 8.81. The number of thiazole rings is 1. The standard InChI is InChI=1S/C7H10ClNOS/c1-7(2,3)10-6-9-5(8)4-11-6/h4H,1-3H3. The number of hydrogen-bond acceptors (Lipinski definition) is 3. The molecule has 0 atom stereocenters. The molecule has 1 aromatic rings. The SMILES string of the molecule is CC(C)(C)Oc1nc(Cl)cs1. The van der Waals surface area contributed by atoms with E-state index in [0.717, 1.165) is 0 Å². The largest absolute Gasteiger partial charge is 0.464 e. The van der Waals surface area contributed by atoms with Gasteiger partial charge in [0.05, 0.1) is 0 Å². The summed E-state index contributed by atoms with van der Waals surface area (Å²) in [5, 5.41) is 2.87. The molecule has 0 fully saturated rings. The van der Waals surface area contributed by atoms with E-state index in [9.17, 15) is 0 Å². The van der Waals surface area contributed by atoms with Gasteiger partial charge in [-0.05, 0) is 20.8 Å². The lowest BCUT2D eigenvalue weighted by Crippen LogP contribution is -2.22.